The van der Waals surface area contributed by atoms with Crippen LogP contribution < -0.4 is 5.30 Å². The van der Waals surface area contributed by atoms with Crippen LogP contribution in [0.2, 0.25) is 0 Å². The summed E-state index contributed by atoms with van der Waals surface area (Å²) < 4.78 is 14.2. The van der Waals surface area contributed by atoms with Gasteiger partial charge in [0, 0.05) is 23.7 Å². The van der Waals surface area contributed by atoms with E-state index in [-0.39, 0.29) is 11.0 Å². The summed E-state index contributed by atoms with van der Waals surface area (Å²) in [5, 5.41) is 12.7. The van der Waals surface area contributed by atoms with Crippen molar-refractivity contribution in [2.45, 2.75) is 51.2 Å². The van der Waals surface area contributed by atoms with E-state index in [1.54, 1.807) is 12.1 Å². The average Bonchev–Trinajstić information content (AvgIpc) is 2.88. The molecule has 0 fully saturated rings. The summed E-state index contributed by atoms with van der Waals surface area (Å²) in [5.41, 5.74) is 6.60. The molecule has 0 aliphatic heterocycles. The van der Waals surface area contributed by atoms with Gasteiger partial charge in [0.1, 0.15) is 11.6 Å². The Balaban J connectivity index is 1.81. The Morgan fingerprint density at radius 2 is 1.42 bits per heavy atom. The lowest BCUT2D eigenvalue weighted by Gasteiger charge is -2.33. The van der Waals surface area contributed by atoms with Gasteiger partial charge in [-0.3, -0.25) is 0 Å². The van der Waals surface area contributed by atoms with Gasteiger partial charge in [-0.2, -0.15) is 0 Å². The van der Waals surface area contributed by atoms with Crippen LogP contribution in [0.15, 0.2) is 91.0 Å². The molecule has 38 heavy (non-hydrogen) atoms. The molecule has 4 aromatic rings. The third kappa shape index (κ3) is 7.10. The number of hydrogen-bond donors (Lipinski definition) is 1. The summed E-state index contributed by atoms with van der Waals surface area (Å²) in [4.78, 5) is 2.08. The Morgan fingerprint density at radius 1 is 0.789 bits per heavy atom. The predicted octanol–water partition coefficient (Wildman–Crippen LogP) is 7.79. The molecule has 4 heteroatoms. The maximum absolute atomic E-state index is 14.2. The summed E-state index contributed by atoms with van der Waals surface area (Å²) in [6.07, 6.45) is 3.40. The lowest BCUT2D eigenvalue weighted by Crippen LogP contribution is -2.24. The first-order valence-electron chi connectivity index (χ1n) is 13.4. The molecule has 4 aromatic carbocycles. The van der Waals surface area contributed by atoms with Crippen LogP contribution in [0, 0.1) is 5.82 Å². The van der Waals surface area contributed by atoms with Gasteiger partial charge in [-0.15, -0.1) is 0 Å². The van der Waals surface area contributed by atoms with Gasteiger partial charge in [0.15, 0.2) is 0 Å². The van der Waals surface area contributed by atoms with Crippen LogP contribution in [-0.2, 0) is 24.5 Å². The van der Waals surface area contributed by atoms with Crippen molar-refractivity contribution in [3.8, 4) is 5.75 Å². The molecule has 0 saturated heterocycles. The summed E-state index contributed by atoms with van der Waals surface area (Å²) in [7, 11) is 4.42. The van der Waals surface area contributed by atoms with E-state index in [0.29, 0.717) is 27.3 Å². The quantitative estimate of drug-likeness (QED) is 0.201. The summed E-state index contributed by atoms with van der Waals surface area (Å²) in [6, 6.07) is 30.4. The second kappa shape index (κ2) is 12.7. The van der Waals surface area contributed by atoms with E-state index in [9.17, 15) is 9.50 Å². The molecule has 198 valence electrons. The molecular weight excluding hydrogens is 488 g/mol. The Morgan fingerprint density at radius 3 is 2.03 bits per heavy atom. The number of halogens is 1. The fourth-order valence-electron chi connectivity index (χ4n) is 5.28. The van der Waals surface area contributed by atoms with Gasteiger partial charge in [0.2, 0.25) is 0 Å². The van der Waals surface area contributed by atoms with E-state index in [0.717, 1.165) is 41.3 Å². The van der Waals surface area contributed by atoms with Crippen molar-refractivity contribution >= 4 is 13.9 Å². The van der Waals surface area contributed by atoms with Gasteiger partial charge in [0.25, 0.3) is 0 Å². The number of hydrogen-bond acceptors (Lipinski definition) is 2. The third-order valence-electron chi connectivity index (χ3n) is 7.05. The second-order valence-corrected chi connectivity index (χ2v) is 12.6. The SMILES string of the molecule is CCCC(C)(Pc1ccc(F)cc1CN(C)C)c1cc(Cc2ccccc2)cc(Cc2ccccc2)c1O. The summed E-state index contributed by atoms with van der Waals surface area (Å²) in [6.45, 7) is 5.15. The van der Waals surface area contributed by atoms with E-state index in [2.05, 4.69) is 67.3 Å². The predicted molar refractivity (Wildman–Crippen MR) is 161 cm³/mol. The van der Waals surface area contributed by atoms with E-state index in [1.165, 1.54) is 16.7 Å². The zero-order chi connectivity index (χ0) is 27.1. The summed E-state index contributed by atoms with van der Waals surface area (Å²) in [5.74, 6) is 0.191. The standard InChI is InChI=1S/C34H39FNOP/c1-5-18-34(2,38-32-17-16-30(35)23-29(32)24-36(3)4)31-22-27(19-25-12-8-6-9-13-25)21-28(33(31)37)20-26-14-10-7-11-15-26/h6-17,21-23,37-38H,5,18-20,24H2,1-4H3. The first-order chi connectivity index (χ1) is 18.3. The van der Waals surface area contributed by atoms with Gasteiger partial charge in [-0.25, -0.2) is 4.39 Å². The first-order valence-corrected chi connectivity index (χ1v) is 14.4. The van der Waals surface area contributed by atoms with Crippen LogP contribution in [0.4, 0.5) is 4.39 Å². The third-order valence-corrected chi connectivity index (χ3v) is 8.87. The van der Waals surface area contributed by atoms with Crippen LogP contribution in [-0.4, -0.2) is 24.1 Å². The average molecular weight is 528 g/mol. The van der Waals surface area contributed by atoms with E-state index in [1.807, 2.05) is 44.4 Å². The zero-order valence-corrected chi connectivity index (χ0v) is 24.0. The van der Waals surface area contributed by atoms with Gasteiger partial charge in [0.05, 0.1) is 0 Å². The molecule has 2 atom stereocenters. The molecular formula is C34H39FNOP. The van der Waals surface area contributed by atoms with Gasteiger partial charge >= 0.3 is 0 Å². The first kappa shape index (κ1) is 28.0. The smallest absolute Gasteiger partial charge is 0.123 e. The lowest BCUT2D eigenvalue weighted by atomic mass is 9.88. The highest BCUT2D eigenvalue weighted by Gasteiger charge is 2.31. The fourth-order valence-corrected chi connectivity index (χ4v) is 7.06. The number of phenolic OH excluding ortho intramolecular Hbond substituents is 1. The fraction of sp³-hybridized carbons (Fsp3) is 0.294. The van der Waals surface area contributed by atoms with Crippen molar-refractivity contribution in [3.05, 3.63) is 130 Å². The van der Waals surface area contributed by atoms with Crippen molar-refractivity contribution in [2.24, 2.45) is 0 Å². The van der Waals surface area contributed by atoms with E-state index in [4.69, 9.17) is 0 Å². The van der Waals surface area contributed by atoms with Crippen LogP contribution in [0.5, 0.6) is 5.75 Å². The van der Waals surface area contributed by atoms with Crippen molar-refractivity contribution in [1.82, 2.24) is 4.90 Å². The lowest BCUT2D eigenvalue weighted by molar-refractivity contribution is 0.402. The molecule has 2 nitrogen and oxygen atoms in total. The van der Waals surface area contributed by atoms with Crippen LogP contribution in [0.25, 0.3) is 0 Å². The molecule has 0 aromatic heterocycles. The molecule has 0 bridgehead atoms. The number of benzene rings is 4. The second-order valence-electron chi connectivity index (χ2n) is 10.7. The zero-order valence-electron chi connectivity index (χ0n) is 23.0. The molecule has 0 heterocycles. The molecule has 4 rings (SSSR count). The number of rotatable bonds is 11. The minimum absolute atomic E-state index is 0.203. The normalized spacial score (nSPS) is 13.3. The monoisotopic (exact) mass is 527 g/mol. The molecule has 0 saturated carbocycles. The molecule has 0 amide bonds. The van der Waals surface area contributed by atoms with Crippen LogP contribution in [0.1, 0.15) is 60.1 Å². The topological polar surface area (TPSA) is 23.5 Å². The molecule has 2 unspecified atom stereocenters. The highest BCUT2D eigenvalue weighted by molar-refractivity contribution is 7.48. The minimum Gasteiger partial charge on any atom is -0.507 e. The summed E-state index contributed by atoms with van der Waals surface area (Å²) >= 11 is 0. The van der Waals surface area contributed by atoms with Gasteiger partial charge in [-0.05, 0) is 72.2 Å². The Hall–Kier alpha value is -3.00. The van der Waals surface area contributed by atoms with Crippen molar-refractivity contribution < 1.29 is 9.50 Å². The molecule has 0 radical (unpaired) electrons. The highest BCUT2D eigenvalue weighted by atomic mass is 31.1. The minimum atomic E-state index is -0.282. The van der Waals surface area contributed by atoms with Crippen molar-refractivity contribution in [1.29, 1.82) is 0 Å². The Kier molecular flexibility index (Phi) is 9.36. The number of nitrogens with zero attached hydrogens (tertiary/aromatic N) is 1. The Labute approximate surface area is 229 Å². The van der Waals surface area contributed by atoms with Crippen molar-refractivity contribution in [2.75, 3.05) is 14.1 Å². The number of phenols is 1. The number of aromatic hydroxyl groups is 1. The Bertz CT molecular complexity index is 1340. The molecule has 1 N–H and O–H groups in total. The molecule has 0 aliphatic carbocycles. The van der Waals surface area contributed by atoms with Crippen LogP contribution >= 0.6 is 8.58 Å². The molecule has 0 spiro atoms. The van der Waals surface area contributed by atoms with E-state index >= 15 is 0 Å². The van der Waals surface area contributed by atoms with Crippen LogP contribution in [0.3, 0.4) is 0 Å². The maximum atomic E-state index is 14.2. The largest absolute Gasteiger partial charge is 0.507 e. The van der Waals surface area contributed by atoms with Crippen molar-refractivity contribution in [3.63, 3.8) is 0 Å². The highest BCUT2D eigenvalue weighted by Crippen LogP contribution is 2.49. The van der Waals surface area contributed by atoms with E-state index < -0.39 is 0 Å². The maximum Gasteiger partial charge on any atom is 0.123 e. The van der Waals surface area contributed by atoms with Gasteiger partial charge in [-0.1, -0.05) is 108 Å². The molecule has 0 aliphatic rings. The van der Waals surface area contributed by atoms with Gasteiger partial charge < -0.3 is 10.0 Å².